The zero-order valence-corrected chi connectivity index (χ0v) is 11.9. The summed E-state index contributed by atoms with van der Waals surface area (Å²) < 4.78 is 26.3. The van der Waals surface area contributed by atoms with Crippen LogP contribution in [0.3, 0.4) is 0 Å². The van der Waals surface area contributed by atoms with Gasteiger partial charge in [0.05, 0.1) is 12.2 Å². The molecule has 0 radical (unpaired) electrons. The Balaban J connectivity index is 1.93. The Morgan fingerprint density at radius 2 is 1.90 bits per heavy atom. The molecule has 1 aromatic carbocycles. The van der Waals surface area contributed by atoms with Crippen LogP contribution in [0.4, 0.5) is 14.5 Å². The number of carbonyl (C=O) groups excluding carboxylic acids is 2. The Labute approximate surface area is 123 Å². The molecule has 0 aliphatic carbocycles. The average Bonchev–Trinajstić information content (AvgIpc) is 2.86. The minimum Gasteiger partial charge on any atom is -0.343 e. The summed E-state index contributed by atoms with van der Waals surface area (Å²) in [5.74, 6) is -3.48. The molecule has 2 N–H and O–H groups in total. The Morgan fingerprint density at radius 1 is 1.14 bits per heavy atom. The van der Waals surface area contributed by atoms with Crippen LogP contribution in [-0.2, 0) is 16.1 Å². The van der Waals surface area contributed by atoms with Crippen molar-refractivity contribution >= 4 is 28.8 Å². The molecule has 1 aromatic heterocycles. The van der Waals surface area contributed by atoms with Gasteiger partial charge in [0.2, 0.25) is 0 Å². The van der Waals surface area contributed by atoms with Gasteiger partial charge in [-0.25, -0.2) is 8.78 Å². The van der Waals surface area contributed by atoms with Crippen molar-refractivity contribution in [2.24, 2.45) is 0 Å². The van der Waals surface area contributed by atoms with Crippen LogP contribution >= 0.6 is 11.3 Å². The van der Waals surface area contributed by atoms with Crippen molar-refractivity contribution in [3.05, 3.63) is 51.7 Å². The summed E-state index contributed by atoms with van der Waals surface area (Å²) in [5, 5.41) is 4.44. The molecule has 0 aliphatic heterocycles. The van der Waals surface area contributed by atoms with Crippen molar-refractivity contribution in [3.63, 3.8) is 0 Å². The summed E-state index contributed by atoms with van der Waals surface area (Å²) in [4.78, 5) is 25.2. The van der Waals surface area contributed by atoms with Crippen LogP contribution in [0.25, 0.3) is 0 Å². The predicted octanol–water partition coefficient (Wildman–Crippen LogP) is 2.59. The van der Waals surface area contributed by atoms with E-state index in [2.05, 4.69) is 5.32 Å². The molecule has 0 saturated carbocycles. The summed E-state index contributed by atoms with van der Waals surface area (Å²) in [7, 11) is 0. The Hall–Kier alpha value is -2.28. The van der Waals surface area contributed by atoms with Crippen LogP contribution < -0.4 is 10.6 Å². The molecule has 2 aromatic rings. The highest BCUT2D eigenvalue weighted by Gasteiger charge is 2.16. The monoisotopic (exact) mass is 310 g/mol. The SMILES string of the molecule is Cc1ccc(CNC(=O)C(=O)Nc2cc(F)ccc2F)s1. The fraction of sp³-hybridized carbons (Fsp3) is 0.143. The fourth-order valence-corrected chi connectivity index (χ4v) is 2.43. The largest absolute Gasteiger partial charge is 0.343 e. The first kappa shape index (κ1) is 15.1. The molecular formula is C14H12F2N2O2S. The second-order valence-electron chi connectivity index (χ2n) is 4.27. The number of anilines is 1. The quantitative estimate of drug-likeness (QED) is 0.856. The molecule has 0 unspecified atom stereocenters. The first-order chi connectivity index (χ1) is 9.95. The molecule has 4 nitrogen and oxygen atoms in total. The molecule has 0 atom stereocenters. The third-order valence-electron chi connectivity index (χ3n) is 2.60. The minimum atomic E-state index is -1.05. The summed E-state index contributed by atoms with van der Waals surface area (Å²) in [6, 6.07) is 6.34. The Bertz CT molecular complexity index is 685. The molecule has 21 heavy (non-hydrogen) atoms. The number of rotatable bonds is 3. The lowest BCUT2D eigenvalue weighted by atomic mass is 10.3. The van der Waals surface area contributed by atoms with Gasteiger partial charge in [-0.05, 0) is 31.2 Å². The van der Waals surface area contributed by atoms with E-state index in [0.717, 1.165) is 28.0 Å². The van der Waals surface area contributed by atoms with Gasteiger partial charge in [-0.15, -0.1) is 11.3 Å². The van der Waals surface area contributed by atoms with Gasteiger partial charge >= 0.3 is 11.8 Å². The standard InChI is InChI=1S/C14H12F2N2O2S/c1-8-2-4-10(21-8)7-17-13(19)14(20)18-12-6-9(15)3-5-11(12)16/h2-6H,7H2,1H3,(H,17,19)(H,18,20). The number of carbonyl (C=O) groups is 2. The number of hydrogen-bond acceptors (Lipinski definition) is 3. The summed E-state index contributed by atoms with van der Waals surface area (Å²) >= 11 is 1.49. The van der Waals surface area contributed by atoms with Gasteiger partial charge in [0, 0.05) is 15.8 Å². The van der Waals surface area contributed by atoms with Crippen LogP contribution in [0, 0.1) is 18.6 Å². The maximum atomic E-state index is 13.3. The van der Waals surface area contributed by atoms with Crippen molar-refractivity contribution in [2.45, 2.75) is 13.5 Å². The molecular weight excluding hydrogens is 298 g/mol. The Morgan fingerprint density at radius 3 is 2.57 bits per heavy atom. The number of thiophene rings is 1. The van der Waals surface area contributed by atoms with Crippen molar-refractivity contribution in [1.82, 2.24) is 5.32 Å². The molecule has 7 heteroatoms. The lowest BCUT2D eigenvalue weighted by Gasteiger charge is -2.06. The molecule has 1 heterocycles. The minimum absolute atomic E-state index is 0.205. The number of amides is 2. The fourth-order valence-electron chi connectivity index (χ4n) is 1.60. The van der Waals surface area contributed by atoms with E-state index in [1.54, 1.807) is 0 Å². The second kappa shape index (κ2) is 6.45. The lowest BCUT2D eigenvalue weighted by molar-refractivity contribution is -0.136. The first-order valence-corrected chi connectivity index (χ1v) is 6.87. The van der Waals surface area contributed by atoms with Gasteiger partial charge in [-0.2, -0.15) is 0 Å². The van der Waals surface area contributed by atoms with Gasteiger partial charge in [-0.1, -0.05) is 0 Å². The number of nitrogens with one attached hydrogen (secondary N) is 2. The van der Waals surface area contributed by atoms with Crippen molar-refractivity contribution in [2.75, 3.05) is 5.32 Å². The summed E-state index contributed by atoms with van der Waals surface area (Å²) in [6.07, 6.45) is 0. The molecule has 0 saturated heterocycles. The van der Waals surface area contributed by atoms with Gasteiger partial charge in [0.25, 0.3) is 0 Å². The topological polar surface area (TPSA) is 58.2 Å². The van der Waals surface area contributed by atoms with Crippen LogP contribution in [0.2, 0.25) is 0 Å². The Kier molecular flexibility index (Phi) is 4.64. The van der Waals surface area contributed by atoms with E-state index in [0.29, 0.717) is 0 Å². The number of hydrogen-bond donors (Lipinski definition) is 2. The van der Waals surface area contributed by atoms with E-state index >= 15 is 0 Å². The van der Waals surface area contributed by atoms with Crippen LogP contribution in [0.15, 0.2) is 30.3 Å². The number of aryl methyl sites for hydroxylation is 1. The summed E-state index contributed by atoms with van der Waals surface area (Å²) in [6.45, 7) is 2.13. The van der Waals surface area contributed by atoms with E-state index < -0.39 is 23.4 Å². The normalized spacial score (nSPS) is 10.2. The second-order valence-corrected chi connectivity index (χ2v) is 5.65. The van der Waals surface area contributed by atoms with E-state index in [-0.39, 0.29) is 12.2 Å². The van der Waals surface area contributed by atoms with Crippen LogP contribution in [-0.4, -0.2) is 11.8 Å². The molecule has 0 spiro atoms. The van der Waals surface area contributed by atoms with E-state index in [9.17, 15) is 18.4 Å². The zero-order valence-electron chi connectivity index (χ0n) is 11.1. The van der Waals surface area contributed by atoms with Crippen LogP contribution in [0.1, 0.15) is 9.75 Å². The maximum absolute atomic E-state index is 13.3. The number of benzene rings is 1. The van der Waals surface area contributed by atoms with Crippen molar-refractivity contribution in [1.29, 1.82) is 0 Å². The highest BCUT2D eigenvalue weighted by molar-refractivity contribution is 7.11. The smallest absolute Gasteiger partial charge is 0.313 e. The molecule has 0 aliphatic rings. The van der Waals surface area contributed by atoms with Crippen molar-refractivity contribution < 1.29 is 18.4 Å². The highest BCUT2D eigenvalue weighted by Crippen LogP contribution is 2.16. The first-order valence-electron chi connectivity index (χ1n) is 6.05. The molecule has 2 rings (SSSR count). The van der Waals surface area contributed by atoms with E-state index in [1.807, 2.05) is 24.4 Å². The van der Waals surface area contributed by atoms with Gasteiger partial charge < -0.3 is 10.6 Å². The molecule has 0 bridgehead atoms. The molecule has 110 valence electrons. The van der Waals surface area contributed by atoms with Crippen LogP contribution in [0.5, 0.6) is 0 Å². The van der Waals surface area contributed by atoms with Gasteiger partial charge in [-0.3, -0.25) is 9.59 Å². The average molecular weight is 310 g/mol. The molecule has 0 fully saturated rings. The van der Waals surface area contributed by atoms with E-state index in [1.165, 1.54) is 11.3 Å². The zero-order chi connectivity index (χ0) is 15.4. The van der Waals surface area contributed by atoms with Gasteiger partial charge in [0.15, 0.2) is 0 Å². The summed E-state index contributed by atoms with van der Waals surface area (Å²) in [5.41, 5.74) is -0.373. The van der Waals surface area contributed by atoms with E-state index in [4.69, 9.17) is 0 Å². The third kappa shape index (κ3) is 4.09. The third-order valence-corrected chi connectivity index (χ3v) is 3.60. The predicted molar refractivity (Wildman–Crippen MR) is 75.9 cm³/mol. The van der Waals surface area contributed by atoms with Crippen molar-refractivity contribution in [3.8, 4) is 0 Å². The maximum Gasteiger partial charge on any atom is 0.313 e. The molecule has 2 amide bonds. The highest BCUT2D eigenvalue weighted by atomic mass is 32.1. The number of halogens is 2. The van der Waals surface area contributed by atoms with Gasteiger partial charge in [0.1, 0.15) is 11.6 Å². The lowest BCUT2D eigenvalue weighted by Crippen LogP contribution is -2.35.